The van der Waals surface area contributed by atoms with Gasteiger partial charge in [0, 0.05) is 5.92 Å². The number of aromatic nitrogens is 2. The third-order valence-corrected chi connectivity index (χ3v) is 2.66. The average molecular weight is 278 g/mol. The number of benzene rings is 1. The number of ketones is 1. The van der Waals surface area contributed by atoms with E-state index in [0.717, 1.165) is 6.07 Å². The Kier molecular flexibility index (Phi) is 4.12. The van der Waals surface area contributed by atoms with Gasteiger partial charge in [0.15, 0.2) is 12.4 Å². The third kappa shape index (κ3) is 3.20. The van der Waals surface area contributed by atoms with Crippen LogP contribution < -0.4 is 4.74 Å². The fourth-order valence-electron chi connectivity index (χ4n) is 1.61. The summed E-state index contributed by atoms with van der Waals surface area (Å²) in [4.78, 5) is 15.6. The van der Waals surface area contributed by atoms with Gasteiger partial charge in [-0.1, -0.05) is 19.0 Å². The Morgan fingerprint density at radius 3 is 2.80 bits per heavy atom. The van der Waals surface area contributed by atoms with Gasteiger partial charge in [-0.25, -0.2) is 4.39 Å². The topological polar surface area (TPSA) is 65.2 Å². The highest BCUT2D eigenvalue weighted by Gasteiger charge is 2.13. The van der Waals surface area contributed by atoms with Crippen LogP contribution in [0.1, 0.15) is 48.8 Å². The lowest BCUT2D eigenvalue weighted by atomic mass is 10.1. The molecule has 106 valence electrons. The van der Waals surface area contributed by atoms with Gasteiger partial charge >= 0.3 is 0 Å². The molecule has 1 heterocycles. The second-order valence-electron chi connectivity index (χ2n) is 4.69. The van der Waals surface area contributed by atoms with E-state index < -0.39 is 5.82 Å². The van der Waals surface area contributed by atoms with Crippen molar-refractivity contribution in [3.63, 3.8) is 0 Å². The molecule has 0 amide bonds. The van der Waals surface area contributed by atoms with Crippen LogP contribution in [0.3, 0.4) is 0 Å². The van der Waals surface area contributed by atoms with E-state index in [1.807, 2.05) is 13.8 Å². The molecule has 0 bridgehead atoms. The number of hydrogen-bond acceptors (Lipinski definition) is 5. The van der Waals surface area contributed by atoms with Crippen LogP contribution in [0.15, 0.2) is 22.7 Å². The van der Waals surface area contributed by atoms with E-state index in [4.69, 9.17) is 9.26 Å². The third-order valence-electron chi connectivity index (χ3n) is 2.66. The monoisotopic (exact) mass is 278 g/mol. The lowest BCUT2D eigenvalue weighted by molar-refractivity contribution is 0.101. The lowest BCUT2D eigenvalue weighted by Crippen LogP contribution is -2.03. The Morgan fingerprint density at radius 2 is 2.20 bits per heavy atom. The minimum atomic E-state index is -0.482. The Labute approximate surface area is 115 Å². The zero-order chi connectivity index (χ0) is 14.7. The number of halogens is 1. The first kappa shape index (κ1) is 14.2. The summed E-state index contributed by atoms with van der Waals surface area (Å²) >= 11 is 0. The largest absolute Gasteiger partial charge is 0.485 e. The highest BCUT2D eigenvalue weighted by atomic mass is 19.1. The summed E-state index contributed by atoms with van der Waals surface area (Å²) in [5.74, 6) is 0.589. The zero-order valence-corrected chi connectivity index (χ0v) is 11.5. The van der Waals surface area contributed by atoms with Crippen LogP contribution in [-0.4, -0.2) is 15.9 Å². The average Bonchev–Trinajstić information content (AvgIpc) is 2.86. The van der Waals surface area contributed by atoms with Crippen molar-refractivity contribution in [2.75, 3.05) is 0 Å². The van der Waals surface area contributed by atoms with Gasteiger partial charge in [-0.15, -0.1) is 0 Å². The van der Waals surface area contributed by atoms with Crippen molar-refractivity contribution in [2.45, 2.75) is 33.3 Å². The molecule has 6 heteroatoms. The Hall–Kier alpha value is -2.24. The minimum absolute atomic E-state index is 0.0577. The molecule has 5 nitrogen and oxygen atoms in total. The summed E-state index contributed by atoms with van der Waals surface area (Å²) in [6.45, 7) is 5.28. The van der Waals surface area contributed by atoms with Crippen LogP contribution in [-0.2, 0) is 6.61 Å². The predicted molar refractivity (Wildman–Crippen MR) is 69.1 cm³/mol. The van der Waals surface area contributed by atoms with E-state index in [2.05, 4.69) is 10.1 Å². The molecule has 0 N–H and O–H groups in total. The fraction of sp³-hybridized carbons (Fsp3) is 0.357. The molecule has 0 atom stereocenters. The highest BCUT2D eigenvalue weighted by molar-refractivity contribution is 5.96. The van der Waals surface area contributed by atoms with E-state index in [-0.39, 0.29) is 23.9 Å². The maximum Gasteiger partial charge on any atom is 0.229 e. The number of rotatable bonds is 5. The molecular formula is C14H15FN2O3. The van der Waals surface area contributed by atoms with Gasteiger partial charge in [-0.05, 0) is 25.1 Å². The van der Waals surface area contributed by atoms with E-state index in [1.165, 1.54) is 19.1 Å². The first-order valence-corrected chi connectivity index (χ1v) is 6.23. The van der Waals surface area contributed by atoms with Crippen molar-refractivity contribution in [3.05, 3.63) is 41.3 Å². The van der Waals surface area contributed by atoms with E-state index in [1.54, 1.807) is 0 Å². The summed E-state index contributed by atoms with van der Waals surface area (Å²) in [5, 5.41) is 3.77. The van der Waals surface area contributed by atoms with Gasteiger partial charge in [0.1, 0.15) is 11.6 Å². The summed E-state index contributed by atoms with van der Waals surface area (Å²) < 4.78 is 23.6. The molecular weight excluding hydrogens is 263 g/mol. The van der Waals surface area contributed by atoms with Gasteiger partial charge in [0.2, 0.25) is 11.7 Å². The smallest absolute Gasteiger partial charge is 0.229 e. The van der Waals surface area contributed by atoms with Crippen LogP contribution in [0.4, 0.5) is 4.39 Å². The molecule has 0 radical (unpaired) electrons. The van der Waals surface area contributed by atoms with E-state index in [0.29, 0.717) is 17.5 Å². The standard InChI is InChI=1S/C14H15FN2O3/c1-8(2)14-16-13(17-20-14)7-19-12-5-4-10(15)6-11(12)9(3)18/h4-6,8H,7H2,1-3H3. The molecule has 0 saturated carbocycles. The summed E-state index contributed by atoms with van der Waals surface area (Å²) in [6, 6.07) is 3.79. The molecule has 0 aliphatic rings. The number of ether oxygens (including phenoxy) is 1. The quantitative estimate of drug-likeness (QED) is 0.786. The van der Waals surface area contributed by atoms with E-state index >= 15 is 0 Å². The maximum absolute atomic E-state index is 13.1. The summed E-state index contributed by atoms with van der Waals surface area (Å²) in [7, 11) is 0. The fourth-order valence-corrected chi connectivity index (χ4v) is 1.61. The van der Waals surface area contributed by atoms with Crippen LogP contribution in [0.2, 0.25) is 0 Å². The van der Waals surface area contributed by atoms with Crippen molar-refractivity contribution in [1.29, 1.82) is 0 Å². The number of Topliss-reactive ketones (excluding diaryl/α,β-unsaturated/α-hetero) is 1. The molecule has 2 rings (SSSR count). The second-order valence-corrected chi connectivity index (χ2v) is 4.69. The van der Waals surface area contributed by atoms with Crippen LogP contribution in [0.5, 0.6) is 5.75 Å². The molecule has 0 fully saturated rings. The Bertz CT molecular complexity index is 623. The van der Waals surface area contributed by atoms with Crippen molar-refractivity contribution in [1.82, 2.24) is 10.1 Å². The van der Waals surface area contributed by atoms with Crippen molar-refractivity contribution in [2.24, 2.45) is 0 Å². The summed E-state index contributed by atoms with van der Waals surface area (Å²) in [6.07, 6.45) is 0. The molecule has 0 unspecified atom stereocenters. The zero-order valence-electron chi connectivity index (χ0n) is 11.5. The van der Waals surface area contributed by atoms with Crippen molar-refractivity contribution in [3.8, 4) is 5.75 Å². The van der Waals surface area contributed by atoms with Gasteiger partial charge < -0.3 is 9.26 Å². The predicted octanol–water partition coefficient (Wildman–Crippen LogP) is 3.11. The molecule has 0 spiro atoms. The first-order chi connectivity index (χ1) is 9.47. The molecule has 20 heavy (non-hydrogen) atoms. The highest BCUT2D eigenvalue weighted by Crippen LogP contribution is 2.21. The number of carbonyl (C=O) groups is 1. The van der Waals surface area contributed by atoms with Gasteiger partial charge in [-0.3, -0.25) is 4.79 Å². The van der Waals surface area contributed by atoms with Crippen molar-refractivity contribution < 1.29 is 18.4 Å². The van der Waals surface area contributed by atoms with Crippen molar-refractivity contribution >= 4 is 5.78 Å². The second kappa shape index (κ2) is 5.81. The lowest BCUT2D eigenvalue weighted by Gasteiger charge is -2.07. The van der Waals surface area contributed by atoms with Crippen LogP contribution in [0, 0.1) is 5.82 Å². The summed E-state index contributed by atoms with van der Waals surface area (Å²) in [5.41, 5.74) is 0.192. The normalized spacial score (nSPS) is 10.8. The number of carbonyl (C=O) groups excluding carboxylic acids is 1. The molecule has 1 aromatic carbocycles. The number of hydrogen-bond donors (Lipinski definition) is 0. The first-order valence-electron chi connectivity index (χ1n) is 6.23. The van der Waals surface area contributed by atoms with Crippen LogP contribution >= 0.6 is 0 Å². The molecule has 0 aliphatic heterocycles. The van der Waals surface area contributed by atoms with Gasteiger partial charge in [0.25, 0.3) is 0 Å². The number of nitrogens with zero attached hydrogens (tertiary/aromatic N) is 2. The molecule has 1 aromatic heterocycles. The van der Waals surface area contributed by atoms with Crippen LogP contribution in [0.25, 0.3) is 0 Å². The van der Waals surface area contributed by atoms with Gasteiger partial charge in [0.05, 0.1) is 5.56 Å². The van der Waals surface area contributed by atoms with Gasteiger partial charge in [-0.2, -0.15) is 4.98 Å². The molecule has 0 saturated heterocycles. The SMILES string of the molecule is CC(=O)c1cc(F)ccc1OCc1noc(C(C)C)n1. The Morgan fingerprint density at radius 1 is 1.45 bits per heavy atom. The maximum atomic E-state index is 13.1. The minimum Gasteiger partial charge on any atom is -0.485 e. The van der Waals surface area contributed by atoms with E-state index in [9.17, 15) is 9.18 Å². The molecule has 0 aliphatic carbocycles. The molecule has 2 aromatic rings. The Balaban J connectivity index is 2.12.